The lowest BCUT2D eigenvalue weighted by Gasteiger charge is -2.05. The summed E-state index contributed by atoms with van der Waals surface area (Å²) in [6.45, 7) is 0.812. The molecule has 0 aliphatic rings. The second-order valence-corrected chi connectivity index (χ2v) is 5.77. The lowest BCUT2D eigenvalue weighted by Crippen LogP contribution is -2.31. The quantitative estimate of drug-likeness (QED) is 0.559. The van der Waals surface area contributed by atoms with Gasteiger partial charge in [0.25, 0.3) is 23.5 Å². The van der Waals surface area contributed by atoms with Crippen molar-refractivity contribution in [2.45, 2.75) is 12.8 Å². The molecule has 28 heavy (non-hydrogen) atoms. The molecule has 10 heteroatoms. The molecule has 3 aromatic heterocycles. The highest BCUT2D eigenvalue weighted by atomic mass is 16.2. The van der Waals surface area contributed by atoms with Crippen molar-refractivity contribution in [2.75, 3.05) is 13.1 Å². The van der Waals surface area contributed by atoms with Crippen molar-refractivity contribution in [1.29, 1.82) is 0 Å². The Bertz CT molecular complexity index is 827. The molecule has 2 N–H and O–H groups in total. The van der Waals surface area contributed by atoms with E-state index < -0.39 is 11.8 Å². The third kappa shape index (κ3) is 5.59. The standard InChI is InChI=1S/C18H18N8O2/c27-17(21-11-5-13-1-7-19-8-2-13)15-23-25-16(26-24-15)18(28)22-12-6-14-3-9-20-10-4-14/h1-4,7-10H,5-6,11-12H2,(H,21,27)(H,22,28). The van der Waals surface area contributed by atoms with Crippen LogP contribution in [0, 0.1) is 0 Å². The van der Waals surface area contributed by atoms with Gasteiger partial charge in [-0.1, -0.05) is 0 Å². The van der Waals surface area contributed by atoms with Crippen molar-refractivity contribution in [1.82, 2.24) is 41.0 Å². The minimum atomic E-state index is -0.501. The van der Waals surface area contributed by atoms with Gasteiger partial charge in [0.1, 0.15) is 0 Å². The summed E-state index contributed by atoms with van der Waals surface area (Å²) >= 11 is 0. The molecule has 2 amide bonds. The van der Waals surface area contributed by atoms with Crippen LogP contribution in [0.5, 0.6) is 0 Å². The monoisotopic (exact) mass is 378 g/mol. The number of amides is 2. The van der Waals surface area contributed by atoms with Crippen LogP contribution in [0.4, 0.5) is 0 Å². The van der Waals surface area contributed by atoms with Gasteiger partial charge in [0.15, 0.2) is 0 Å². The van der Waals surface area contributed by atoms with E-state index in [-0.39, 0.29) is 11.6 Å². The highest BCUT2D eigenvalue weighted by Crippen LogP contribution is 1.97. The molecule has 0 aliphatic heterocycles. The molecule has 0 fully saturated rings. The van der Waals surface area contributed by atoms with Gasteiger partial charge in [-0.25, -0.2) is 0 Å². The van der Waals surface area contributed by atoms with Gasteiger partial charge in [-0.05, 0) is 48.2 Å². The van der Waals surface area contributed by atoms with E-state index in [4.69, 9.17) is 0 Å². The lowest BCUT2D eigenvalue weighted by molar-refractivity contribution is 0.0920. The largest absolute Gasteiger partial charge is 0.349 e. The molecule has 0 aromatic carbocycles. The summed E-state index contributed by atoms with van der Waals surface area (Å²) in [6.07, 6.45) is 8.05. The van der Waals surface area contributed by atoms with Crippen LogP contribution >= 0.6 is 0 Å². The van der Waals surface area contributed by atoms with Crippen LogP contribution < -0.4 is 10.6 Å². The topological polar surface area (TPSA) is 136 Å². The Hall–Kier alpha value is -3.82. The van der Waals surface area contributed by atoms with Gasteiger partial charge < -0.3 is 10.6 Å². The van der Waals surface area contributed by atoms with Crippen molar-refractivity contribution in [3.8, 4) is 0 Å². The number of rotatable bonds is 8. The molecule has 0 spiro atoms. The van der Waals surface area contributed by atoms with Crippen LogP contribution in [-0.4, -0.2) is 55.3 Å². The Morgan fingerprint density at radius 1 is 0.643 bits per heavy atom. The number of carbonyl (C=O) groups excluding carboxylic acids is 2. The minimum Gasteiger partial charge on any atom is -0.349 e. The third-order valence-electron chi connectivity index (χ3n) is 3.78. The van der Waals surface area contributed by atoms with Gasteiger partial charge >= 0.3 is 0 Å². The highest BCUT2D eigenvalue weighted by Gasteiger charge is 2.14. The van der Waals surface area contributed by atoms with E-state index in [1.807, 2.05) is 24.3 Å². The fraction of sp³-hybridized carbons (Fsp3) is 0.222. The number of nitrogens with one attached hydrogen (secondary N) is 2. The van der Waals surface area contributed by atoms with Crippen molar-refractivity contribution >= 4 is 11.8 Å². The normalized spacial score (nSPS) is 10.3. The molecule has 0 atom stereocenters. The minimum absolute atomic E-state index is 0.192. The van der Waals surface area contributed by atoms with E-state index in [2.05, 4.69) is 41.0 Å². The first-order chi connectivity index (χ1) is 13.7. The van der Waals surface area contributed by atoms with Crippen molar-refractivity contribution in [3.05, 3.63) is 71.8 Å². The van der Waals surface area contributed by atoms with Crippen LogP contribution in [0.15, 0.2) is 49.1 Å². The second-order valence-electron chi connectivity index (χ2n) is 5.77. The fourth-order valence-corrected chi connectivity index (χ4v) is 2.31. The summed E-state index contributed by atoms with van der Waals surface area (Å²) in [5.74, 6) is -1.39. The molecule has 0 saturated carbocycles. The van der Waals surface area contributed by atoms with E-state index in [1.165, 1.54) is 0 Å². The Labute approximate surface area is 160 Å². The summed E-state index contributed by atoms with van der Waals surface area (Å²) in [4.78, 5) is 31.9. The lowest BCUT2D eigenvalue weighted by atomic mass is 10.2. The van der Waals surface area contributed by atoms with Gasteiger partial charge in [0.2, 0.25) is 0 Å². The Kier molecular flexibility index (Phi) is 6.61. The SMILES string of the molecule is O=C(NCCc1ccncc1)c1nnc(C(=O)NCCc2ccncc2)nn1. The summed E-state index contributed by atoms with van der Waals surface area (Å²) in [6, 6.07) is 7.48. The predicted octanol–water partition coefficient (Wildman–Crippen LogP) is 0.00160. The molecule has 142 valence electrons. The molecular formula is C18H18N8O2. The average molecular weight is 378 g/mol. The maximum absolute atomic E-state index is 12.0. The molecule has 3 heterocycles. The molecule has 3 rings (SSSR count). The zero-order valence-corrected chi connectivity index (χ0v) is 14.9. The van der Waals surface area contributed by atoms with Crippen molar-refractivity contribution < 1.29 is 9.59 Å². The van der Waals surface area contributed by atoms with E-state index >= 15 is 0 Å². The number of pyridine rings is 2. The first-order valence-electron chi connectivity index (χ1n) is 8.64. The summed E-state index contributed by atoms with van der Waals surface area (Å²) in [7, 11) is 0. The number of aromatic nitrogens is 6. The maximum atomic E-state index is 12.0. The summed E-state index contributed by atoms with van der Waals surface area (Å²) in [5.41, 5.74) is 2.09. The van der Waals surface area contributed by atoms with E-state index in [0.29, 0.717) is 25.9 Å². The highest BCUT2D eigenvalue weighted by molar-refractivity contribution is 5.91. The molecule has 0 radical (unpaired) electrons. The van der Waals surface area contributed by atoms with Gasteiger partial charge in [-0.2, -0.15) is 0 Å². The first kappa shape index (κ1) is 19.0. The molecule has 0 bridgehead atoms. The van der Waals surface area contributed by atoms with E-state index in [9.17, 15) is 9.59 Å². The number of nitrogens with zero attached hydrogens (tertiary/aromatic N) is 6. The van der Waals surface area contributed by atoms with Crippen LogP contribution in [0.2, 0.25) is 0 Å². The van der Waals surface area contributed by atoms with Crippen LogP contribution in [0.3, 0.4) is 0 Å². The predicted molar refractivity (Wildman–Crippen MR) is 98.2 cm³/mol. The van der Waals surface area contributed by atoms with Gasteiger partial charge in [0, 0.05) is 37.9 Å². The van der Waals surface area contributed by atoms with E-state index in [0.717, 1.165) is 11.1 Å². The van der Waals surface area contributed by atoms with Crippen molar-refractivity contribution in [3.63, 3.8) is 0 Å². The summed E-state index contributed by atoms with van der Waals surface area (Å²) in [5, 5.41) is 20.1. The Morgan fingerprint density at radius 2 is 1.00 bits per heavy atom. The third-order valence-corrected chi connectivity index (χ3v) is 3.78. The molecule has 10 nitrogen and oxygen atoms in total. The smallest absolute Gasteiger partial charge is 0.292 e. The molecule has 0 saturated heterocycles. The van der Waals surface area contributed by atoms with Crippen molar-refractivity contribution in [2.24, 2.45) is 0 Å². The van der Waals surface area contributed by atoms with Crippen LogP contribution in [0.1, 0.15) is 32.4 Å². The van der Waals surface area contributed by atoms with Gasteiger partial charge in [-0.3, -0.25) is 19.6 Å². The number of carbonyl (C=O) groups is 2. The molecule has 3 aromatic rings. The number of hydrogen-bond acceptors (Lipinski definition) is 8. The number of hydrogen-bond donors (Lipinski definition) is 2. The average Bonchev–Trinajstić information content (AvgIpc) is 2.75. The zero-order chi connectivity index (χ0) is 19.6. The van der Waals surface area contributed by atoms with E-state index in [1.54, 1.807) is 24.8 Å². The van der Waals surface area contributed by atoms with Gasteiger partial charge in [-0.15, -0.1) is 20.4 Å². The second kappa shape index (κ2) is 9.76. The maximum Gasteiger partial charge on any atom is 0.292 e. The molecule has 0 unspecified atom stereocenters. The fourth-order valence-electron chi connectivity index (χ4n) is 2.31. The first-order valence-corrected chi connectivity index (χ1v) is 8.64. The Morgan fingerprint density at radius 3 is 1.36 bits per heavy atom. The zero-order valence-electron chi connectivity index (χ0n) is 14.9. The molecular weight excluding hydrogens is 360 g/mol. The van der Waals surface area contributed by atoms with Gasteiger partial charge in [0.05, 0.1) is 0 Å². The summed E-state index contributed by atoms with van der Waals surface area (Å²) < 4.78 is 0. The van der Waals surface area contributed by atoms with Crippen LogP contribution in [0.25, 0.3) is 0 Å². The molecule has 0 aliphatic carbocycles. The Balaban J connectivity index is 1.44. The van der Waals surface area contributed by atoms with Crippen LogP contribution in [-0.2, 0) is 12.8 Å².